The minimum atomic E-state index is -0.537. The molecule has 0 aromatic carbocycles. The van der Waals surface area contributed by atoms with E-state index in [4.69, 9.17) is 9.47 Å². The molecule has 0 amide bonds. The number of fused-ring (bicyclic) bond motifs is 2. The molecule has 2 rings (SSSR count). The summed E-state index contributed by atoms with van der Waals surface area (Å²) in [5, 5.41) is 0. The van der Waals surface area contributed by atoms with Crippen LogP contribution in [0.2, 0.25) is 0 Å². The second-order valence-electron chi connectivity index (χ2n) is 5.85. The maximum Gasteiger partial charge on any atom is 0.509 e. The second-order valence-corrected chi connectivity index (χ2v) is 5.85. The van der Waals surface area contributed by atoms with Gasteiger partial charge < -0.3 is 9.47 Å². The van der Waals surface area contributed by atoms with Crippen LogP contribution in [-0.4, -0.2) is 17.9 Å². The van der Waals surface area contributed by atoms with E-state index >= 15 is 0 Å². The van der Waals surface area contributed by atoms with E-state index in [1.165, 1.54) is 0 Å². The number of ether oxygens (including phenoxy) is 2. The van der Waals surface area contributed by atoms with Gasteiger partial charge in [-0.1, -0.05) is 19.1 Å². The molecule has 0 heterocycles. The summed E-state index contributed by atoms with van der Waals surface area (Å²) >= 11 is 0. The van der Waals surface area contributed by atoms with Crippen LogP contribution in [0.4, 0.5) is 4.79 Å². The first-order valence-corrected chi connectivity index (χ1v) is 5.95. The number of carbonyl (C=O) groups excluding carboxylic acids is 1. The van der Waals surface area contributed by atoms with Crippen LogP contribution in [0.5, 0.6) is 0 Å². The van der Waals surface area contributed by atoms with Crippen LogP contribution in [0.3, 0.4) is 0 Å². The van der Waals surface area contributed by atoms with Crippen molar-refractivity contribution < 1.29 is 14.3 Å². The van der Waals surface area contributed by atoms with E-state index in [1.807, 2.05) is 20.8 Å². The summed E-state index contributed by atoms with van der Waals surface area (Å²) in [5.74, 6) is 1.40. The van der Waals surface area contributed by atoms with Gasteiger partial charge in [-0.15, -0.1) is 0 Å². The Kier molecular flexibility index (Phi) is 2.72. The zero-order valence-corrected chi connectivity index (χ0v) is 10.4. The summed E-state index contributed by atoms with van der Waals surface area (Å²) in [7, 11) is 0. The van der Waals surface area contributed by atoms with Crippen molar-refractivity contribution >= 4 is 6.16 Å². The summed E-state index contributed by atoms with van der Waals surface area (Å²) in [6.45, 7) is 7.68. The van der Waals surface area contributed by atoms with Gasteiger partial charge >= 0.3 is 6.16 Å². The first-order chi connectivity index (χ1) is 7.37. The van der Waals surface area contributed by atoms with Crippen LogP contribution in [0, 0.1) is 17.8 Å². The van der Waals surface area contributed by atoms with E-state index in [1.54, 1.807) is 0 Å². The summed E-state index contributed by atoms with van der Waals surface area (Å²) < 4.78 is 10.6. The fourth-order valence-electron chi connectivity index (χ4n) is 2.60. The van der Waals surface area contributed by atoms with E-state index in [2.05, 4.69) is 19.1 Å². The maximum atomic E-state index is 11.6. The zero-order chi connectivity index (χ0) is 11.9. The lowest BCUT2D eigenvalue weighted by atomic mass is 9.93. The molecule has 1 fully saturated rings. The summed E-state index contributed by atoms with van der Waals surface area (Å²) in [6, 6.07) is 0. The molecule has 1 saturated carbocycles. The molecule has 0 spiro atoms. The van der Waals surface area contributed by atoms with Gasteiger partial charge in [-0.3, -0.25) is 0 Å². The summed E-state index contributed by atoms with van der Waals surface area (Å²) in [6.07, 6.45) is 4.99. The van der Waals surface area contributed by atoms with Crippen LogP contribution in [0.15, 0.2) is 12.2 Å². The van der Waals surface area contributed by atoms with Gasteiger partial charge in [0.25, 0.3) is 0 Å². The third-order valence-corrected chi connectivity index (χ3v) is 3.39. The van der Waals surface area contributed by atoms with Crippen LogP contribution in [-0.2, 0) is 9.47 Å². The lowest BCUT2D eigenvalue weighted by Gasteiger charge is -2.26. The van der Waals surface area contributed by atoms with Crippen LogP contribution in [0.1, 0.15) is 34.1 Å². The predicted molar refractivity (Wildman–Crippen MR) is 61.0 cm³/mol. The highest BCUT2D eigenvalue weighted by Gasteiger charge is 2.44. The number of hydrogen-bond donors (Lipinski definition) is 0. The van der Waals surface area contributed by atoms with Gasteiger partial charge in [-0.05, 0) is 33.1 Å². The normalized spacial score (nSPS) is 36.5. The highest BCUT2D eigenvalue weighted by molar-refractivity contribution is 5.61. The lowest BCUT2D eigenvalue weighted by Crippen LogP contribution is -2.32. The molecule has 16 heavy (non-hydrogen) atoms. The molecule has 4 atom stereocenters. The highest BCUT2D eigenvalue weighted by Crippen LogP contribution is 2.45. The van der Waals surface area contributed by atoms with Crippen molar-refractivity contribution in [1.82, 2.24) is 0 Å². The van der Waals surface area contributed by atoms with E-state index < -0.39 is 11.8 Å². The molecule has 3 heteroatoms. The fourth-order valence-corrected chi connectivity index (χ4v) is 2.60. The van der Waals surface area contributed by atoms with Gasteiger partial charge in [0.1, 0.15) is 11.7 Å². The quantitative estimate of drug-likeness (QED) is 0.507. The number of hydrogen-bond acceptors (Lipinski definition) is 3. The largest absolute Gasteiger partial charge is 0.509 e. The third-order valence-electron chi connectivity index (χ3n) is 3.39. The summed E-state index contributed by atoms with van der Waals surface area (Å²) in [4.78, 5) is 11.6. The molecule has 0 aliphatic heterocycles. The molecule has 3 nitrogen and oxygen atoms in total. The van der Waals surface area contributed by atoms with Gasteiger partial charge in [0.05, 0.1) is 0 Å². The van der Waals surface area contributed by atoms with Crippen molar-refractivity contribution in [1.29, 1.82) is 0 Å². The van der Waals surface area contributed by atoms with Crippen molar-refractivity contribution in [2.75, 3.05) is 0 Å². The third kappa shape index (κ3) is 2.23. The van der Waals surface area contributed by atoms with Crippen LogP contribution >= 0.6 is 0 Å². The smallest absolute Gasteiger partial charge is 0.430 e. The minimum absolute atomic E-state index is 0.00449. The zero-order valence-electron chi connectivity index (χ0n) is 10.4. The van der Waals surface area contributed by atoms with Gasteiger partial charge in [-0.25, -0.2) is 4.79 Å². The predicted octanol–water partition coefficient (Wildman–Crippen LogP) is 3.15. The minimum Gasteiger partial charge on any atom is -0.430 e. The van der Waals surface area contributed by atoms with E-state index in [-0.39, 0.29) is 6.10 Å². The average molecular weight is 224 g/mol. The second kappa shape index (κ2) is 3.79. The van der Waals surface area contributed by atoms with Crippen LogP contribution < -0.4 is 0 Å². The number of allylic oxidation sites excluding steroid dienone is 1. The molecule has 0 aromatic heterocycles. The Morgan fingerprint density at radius 1 is 1.25 bits per heavy atom. The molecule has 0 aromatic rings. The Hall–Kier alpha value is -0.990. The van der Waals surface area contributed by atoms with Crippen LogP contribution in [0.25, 0.3) is 0 Å². The molecule has 2 bridgehead atoms. The molecule has 0 radical (unpaired) electrons. The lowest BCUT2D eigenvalue weighted by molar-refractivity contribution is -0.0409. The Morgan fingerprint density at radius 3 is 2.38 bits per heavy atom. The molecular formula is C13H20O3. The SMILES string of the molecule is CC1C2C=CC(C2)C1OC(=O)OC(C)(C)C. The van der Waals surface area contributed by atoms with E-state index in [9.17, 15) is 4.79 Å². The standard InChI is InChI=1S/C13H20O3/c1-8-9-5-6-10(7-9)11(8)15-12(14)16-13(2,3)4/h5-6,8-11H,7H2,1-4H3. The van der Waals surface area contributed by atoms with Crippen molar-refractivity contribution in [3.05, 3.63) is 12.2 Å². The van der Waals surface area contributed by atoms with Gasteiger partial charge in [0.15, 0.2) is 0 Å². The molecular weight excluding hydrogens is 204 g/mol. The number of rotatable bonds is 1. The average Bonchev–Trinajstić information content (AvgIpc) is 2.66. The molecule has 90 valence electrons. The Labute approximate surface area is 96.8 Å². The monoisotopic (exact) mass is 224 g/mol. The van der Waals surface area contributed by atoms with Crippen molar-refractivity contribution in [2.24, 2.45) is 17.8 Å². The first-order valence-electron chi connectivity index (χ1n) is 5.95. The Bertz CT molecular complexity index is 314. The summed E-state index contributed by atoms with van der Waals surface area (Å²) in [5.41, 5.74) is -0.478. The van der Waals surface area contributed by atoms with Gasteiger partial charge in [-0.2, -0.15) is 0 Å². The molecule has 2 aliphatic carbocycles. The van der Waals surface area contributed by atoms with E-state index in [0.717, 1.165) is 6.42 Å². The maximum absolute atomic E-state index is 11.6. The molecule has 2 aliphatic rings. The Balaban J connectivity index is 1.91. The van der Waals surface area contributed by atoms with E-state index in [0.29, 0.717) is 17.8 Å². The fraction of sp³-hybridized carbons (Fsp3) is 0.769. The highest BCUT2D eigenvalue weighted by atomic mass is 16.7. The molecule has 0 N–H and O–H groups in total. The van der Waals surface area contributed by atoms with Crippen molar-refractivity contribution in [3.8, 4) is 0 Å². The topological polar surface area (TPSA) is 35.5 Å². The Morgan fingerprint density at radius 2 is 1.88 bits per heavy atom. The van der Waals surface area contributed by atoms with Crippen molar-refractivity contribution in [2.45, 2.75) is 45.8 Å². The first kappa shape index (κ1) is 11.5. The van der Waals surface area contributed by atoms with Gasteiger partial charge in [0, 0.05) is 11.8 Å². The number of carbonyl (C=O) groups is 1. The molecule has 4 unspecified atom stereocenters. The van der Waals surface area contributed by atoms with Gasteiger partial charge in [0.2, 0.25) is 0 Å². The van der Waals surface area contributed by atoms with Crippen molar-refractivity contribution in [3.63, 3.8) is 0 Å². The molecule has 0 saturated heterocycles.